The van der Waals surface area contributed by atoms with Crippen LogP contribution >= 0.6 is 27.3 Å². The van der Waals surface area contributed by atoms with Crippen molar-refractivity contribution < 1.29 is 4.74 Å². The van der Waals surface area contributed by atoms with Crippen molar-refractivity contribution in [3.05, 3.63) is 20.8 Å². The summed E-state index contributed by atoms with van der Waals surface area (Å²) < 4.78 is 6.54. The third kappa shape index (κ3) is 3.28. The first-order chi connectivity index (χ1) is 7.57. The molecule has 0 aromatic carbocycles. The predicted molar refractivity (Wildman–Crippen MR) is 70.7 cm³/mol. The molecule has 3 nitrogen and oxygen atoms in total. The van der Waals surface area contributed by atoms with Gasteiger partial charge in [0.15, 0.2) is 0 Å². The molecule has 2 rings (SSSR count). The van der Waals surface area contributed by atoms with Crippen LogP contribution in [-0.2, 0) is 11.3 Å². The zero-order chi connectivity index (χ0) is 11.6. The molecule has 1 aromatic rings. The molecule has 0 radical (unpaired) electrons. The van der Waals surface area contributed by atoms with Gasteiger partial charge in [-0.2, -0.15) is 0 Å². The standard InChI is InChI=1S/C11H17BrN2OS/c1-14(5-9-4-10(12)16-6-9)7-11(13)2-3-15-8-11/h4,6H,2-3,5,7-8,13H2,1H3. The average Bonchev–Trinajstić information content (AvgIpc) is 2.75. The van der Waals surface area contributed by atoms with E-state index in [2.05, 4.69) is 39.3 Å². The number of hydrogen-bond acceptors (Lipinski definition) is 4. The maximum atomic E-state index is 6.25. The van der Waals surface area contributed by atoms with E-state index in [1.54, 1.807) is 11.3 Å². The molecule has 1 unspecified atom stereocenters. The Morgan fingerprint density at radius 3 is 3.06 bits per heavy atom. The second-order valence-corrected chi connectivity index (χ2v) is 6.89. The summed E-state index contributed by atoms with van der Waals surface area (Å²) in [5.41, 5.74) is 7.43. The molecule has 0 spiro atoms. The van der Waals surface area contributed by atoms with Crippen molar-refractivity contribution in [1.29, 1.82) is 0 Å². The highest BCUT2D eigenvalue weighted by atomic mass is 79.9. The SMILES string of the molecule is CN(Cc1csc(Br)c1)CC1(N)CCOC1. The van der Waals surface area contributed by atoms with E-state index >= 15 is 0 Å². The van der Waals surface area contributed by atoms with E-state index in [9.17, 15) is 0 Å². The molecule has 1 saturated heterocycles. The molecule has 0 amide bonds. The average molecular weight is 305 g/mol. The molecule has 1 atom stereocenters. The maximum Gasteiger partial charge on any atom is 0.0701 e. The number of nitrogens with zero attached hydrogens (tertiary/aromatic N) is 1. The lowest BCUT2D eigenvalue weighted by Gasteiger charge is -2.28. The van der Waals surface area contributed by atoms with Crippen molar-refractivity contribution in [2.24, 2.45) is 5.73 Å². The molecule has 1 aromatic heterocycles. The fourth-order valence-corrected chi connectivity index (χ4v) is 3.28. The van der Waals surface area contributed by atoms with Gasteiger partial charge in [0, 0.05) is 19.7 Å². The van der Waals surface area contributed by atoms with Crippen molar-refractivity contribution >= 4 is 27.3 Å². The Labute approximate surface area is 109 Å². The van der Waals surface area contributed by atoms with E-state index in [0.717, 1.165) is 26.1 Å². The van der Waals surface area contributed by atoms with Crippen LogP contribution in [0.15, 0.2) is 15.2 Å². The number of hydrogen-bond donors (Lipinski definition) is 1. The normalized spacial score (nSPS) is 25.5. The summed E-state index contributed by atoms with van der Waals surface area (Å²) in [6, 6.07) is 2.16. The van der Waals surface area contributed by atoms with Crippen LogP contribution in [0, 0.1) is 0 Å². The number of likely N-dealkylation sites (N-methyl/N-ethyl adjacent to an activating group) is 1. The lowest BCUT2D eigenvalue weighted by molar-refractivity contribution is 0.160. The Bertz CT molecular complexity index is 350. The molecule has 2 heterocycles. The molecule has 90 valence electrons. The van der Waals surface area contributed by atoms with Gasteiger partial charge >= 0.3 is 0 Å². The Hall–Kier alpha value is 0.0600. The van der Waals surface area contributed by atoms with E-state index in [0.29, 0.717) is 6.61 Å². The largest absolute Gasteiger partial charge is 0.379 e. The van der Waals surface area contributed by atoms with Crippen molar-refractivity contribution in [2.75, 3.05) is 26.8 Å². The summed E-state index contributed by atoms with van der Waals surface area (Å²) in [6.45, 7) is 3.32. The zero-order valence-corrected chi connectivity index (χ0v) is 11.8. The van der Waals surface area contributed by atoms with Crippen LogP contribution in [0.25, 0.3) is 0 Å². The van der Waals surface area contributed by atoms with Crippen molar-refractivity contribution in [3.63, 3.8) is 0 Å². The molecule has 2 N–H and O–H groups in total. The fourth-order valence-electron chi connectivity index (χ4n) is 2.08. The highest BCUT2D eigenvalue weighted by Crippen LogP contribution is 2.22. The zero-order valence-electron chi connectivity index (χ0n) is 9.41. The van der Waals surface area contributed by atoms with Crippen LogP contribution in [-0.4, -0.2) is 37.2 Å². The van der Waals surface area contributed by atoms with E-state index in [4.69, 9.17) is 10.5 Å². The van der Waals surface area contributed by atoms with Crippen LogP contribution in [0.5, 0.6) is 0 Å². The fraction of sp³-hybridized carbons (Fsp3) is 0.636. The quantitative estimate of drug-likeness (QED) is 0.925. The van der Waals surface area contributed by atoms with Gasteiger partial charge < -0.3 is 15.4 Å². The number of thiophene rings is 1. The molecule has 0 saturated carbocycles. The lowest BCUT2D eigenvalue weighted by atomic mass is 10.00. The predicted octanol–water partition coefficient (Wildman–Crippen LogP) is 2.06. The minimum absolute atomic E-state index is 0.151. The third-order valence-electron chi connectivity index (χ3n) is 2.79. The van der Waals surface area contributed by atoms with Gasteiger partial charge in [0.25, 0.3) is 0 Å². The number of halogens is 1. The van der Waals surface area contributed by atoms with E-state index < -0.39 is 0 Å². The van der Waals surface area contributed by atoms with Gasteiger partial charge in [-0.15, -0.1) is 11.3 Å². The van der Waals surface area contributed by atoms with Gasteiger partial charge in [-0.3, -0.25) is 0 Å². The van der Waals surface area contributed by atoms with Crippen LogP contribution in [0.2, 0.25) is 0 Å². The number of ether oxygens (including phenoxy) is 1. The van der Waals surface area contributed by atoms with Crippen molar-refractivity contribution in [1.82, 2.24) is 4.90 Å². The van der Waals surface area contributed by atoms with Gasteiger partial charge in [-0.05, 0) is 46.4 Å². The van der Waals surface area contributed by atoms with Gasteiger partial charge in [0.05, 0.1) is 15.9 Å². The van der Waals surface area contributed by atoms with E-state index in [1.165, 1.54) is 9.35 Å². The molecular formula is C11H17BrN2OS. The minimum atomic E-state index is -0.151. The minimum Gasteiger partial charge on any atom is -0.379 e. The van der Waals surface area contributed by atoms with E-state index in [-0.39, 0.29) is 5.54 Å². The first-order valence-corrected chi connectivity index (χ1v) is 7.03. The Kier molecular flexibility index (Phi) is 4.02. The van der Waals surface area contributed by atoms with Crippen LogP contribution in [0.3, 0.4) is 0 Å². The summed E-state index contributed by atoms with van der Waals surface area (Å²) in [4.78, 5) is 2.27. The van der Waals surface area contributed by atoms with Crippen LogP contribution in [0.1, 0.15) is 12.0 Å². The maximum absolute atomic E-state index is 6.25. The monoisotopic (exact) mass is 304 g/mol. The van der Waals surface area contributed by atoms with Crippen LogP contribution in [0.4, 0.5) is 0 Å². The molecule has 0 bridgehead atoms. The molecule has 16 heavy (non-hydrogen) atoms. The summed E-state index contributed by atoms with van der Waals surface area (Å²) in [5.74, 6) is 0. The summed E-state index contributed by atoms with van der Waals surface area (Å²) >= 11 is 5.20. The van der Waals surface area contributed by atoms with Gasteiger partial charge in [-0.1, -0.05) is 0 Å². The highest BCUT2D eigenvalue weighted by Gasteiger charge is 2.31. The first kappa shape index (κ1) is 12.5. The van der Waals surface area contributed by atoms with Gasteiger partial charge in [0.1, 0.15) is 0 Å². The number of rotatable bonds is 4. The van der Waals surface area contributed by atoms with E-state index in [1.807, 2.05) is 0 Å². The van der Waals surface area contributed by atoms with Crippen molar-refractivity contribution in [2.45, 2.75) is 18.5 Å². The smallest absolute Gasteiger partial charge is 0.0701 e. The Balaban J connectivity index is 1.86. The van der Waals surface area contributed by atoms with Gasteiger partial charge in [0.2, 0.25) is 0 Å². The Morgan fingerprint density at radius 2 is 2.50 bits per heavy atom. The molecule has 1 fully saturated rings. The molecule has 5 heteroatoms. The summed E-state index contributed by atoms with van der Waals surface area (Å²) in [5, 5.41) is 2.18. The second kappa shape index (κ2) is 5.14. The Morgan fingerprint density at radius 1 is 1.69 bits per heavy atom. The first-order valence-electron chi connectivity index (χ1n) is 5.35. The summed E-state index contributed by atoms with van der Waals surface area (Å²) in [6.07, 6.45) is 0.963. The lowest BCUT2D eigenvalue weighted by Crippen LogP contribution is -2.49. The molecule has 0 aliphatic carbocycles. The molecular weight excluding hydrogens is 288 g/mol. The number of nitrogens with two attached hydrogens (primary N) is 1. The van der Waals surface area contributed by atoms with Gasteiger partial charge in [-0.25, -0.2) is 0 Å². The molecule has 1 aliphatic rings. The van der Waals surface area contributed by atoms with Crippen LogP contribution < -0.4 is 5.73 Å². The third-order valence-corrected chi connectivity index (χ3v) is 4.35. The topological polar surface area (TPSA) is 38.5 Å². The molecule has 1 aliphatic heterocycles. The van der Waals surface area contributed by atoms with Crippen molar-refractivity contribution in [3.8, 4) is 0 Å². The second-order valence-electron chi connectivity index (χ2n) is 4.60. The highest BCUT2D eigenvalue weighted by molar-refractivity contribution is 9.11. The summed E-state index contributed by atoms with van der Waals surface area (Å²) in [7, 11) is 2.11.